The van der Waals surface area contributed by atoms with Gasteiger partial charge in [0, 0.05) is 17.8 Å². The fourth-order valence-electron chi connectivity index (χ4n) is 2.88. The number of hydrogen-bond donors (Lipinski definition) is 1. The molecule has 2 aromatic carbocycles. The molecule has 6 nitrogen and oxygen atoms in total. The molecular weight excluding hydrogens is 316 g/mol. The Labute approximate surface area is 145 Å². The summed E-state index contributed by atoms with van der Waals surface area (Å²) in [4.78, 5) is 15.0. The van der Waals surface area contributed by atoms with E-state index in [-0.39, 0.29) is 5.91 Å². The SMILES string of the molecule is CCOc1ccc(N(CC2CC2)C(=O)c2ccc3n[nH]nc3c2)cc1. The Bertz CT molecular complexity index is 884. The van der Waals surface area contributed by atoms with Crippen LogP contribution in [0.4, 0.5) is 5.69 Å². The van der Waals surface area contributed by atoms with Crippen molar-refractivity contribution >= 4 is 22.6 Å². The molecule has 1 saturated carbocycles. The van der Waals surface area contributed by atoms with Crippen molar-refractivity contribution in [2.24, 2.45) is 5.92 Å². The quantitative estimate of drug-likeness (QED) is 0.749. The third-order valence-electron chi connectivity index (χ3n) is 4.41. The number of anilines is 1. The summed E-state index contributed by atoms with van der Waals surface area (Å²) in [5.41, 5.74) is 2.96. The number of rotatable bonds is 6. The average Bonchev–Trinajstić information content (AvgIpc) is 3.34. The average molecular weight is 336 g/mol. The first-order chi connectivity index (χ1) is 12.2. The van der Waals surface area contributed by atoms with Gasteiger partial charge in [0.15, 0.2) is 0 Å². The lowest BCUT2D eigenvalue weighted by molar-refractivity contribution is 0.0986. The molecule has 128 valence electrons. The Kier molecular flexibility index (Phi) is 4.09. The molecule has 1 aliphatic carbocycles. The number of aromatic amines is 1. The summed E-state index contributed by atoms with van der Waals surface area (Å²) in [6.07, 6.45) is 2.37. The maximum absolute atomic E-state index is 13.1. The van der Waals surface area contributed by atoms with Crippen molar-refractivity contribution in [3.63, 3.8) is 0 Å². The topological polar surface area (TPSA) is 71.1 Å². The van der Waals surface area contributed by atoms with E-state index in [1.807, 2.05) is 48.2 Å². The lowest BCUT2D eigenvalue weighted by atomic mass is 10.1. The summed E-state index contributed by atoms with van der Waals surface area (Å²) in [5, 5.41) is 10.7. The highest BCUT2D eigenvalue weighted by Crippen LogP contribution is 2.32. The highest BCUT2D eigenvalue weighted by atomic mass is 16.5. The van der Waals surface area contributed by atoms with Gasteiger partial charge >= 0.3 is 0 Å². The number of fused-ring (bicyclic) bond motifs is 1. The first-order valence-corrected chi connectivity index (χ1v) is 8.60. The molecule has 0 spiro atoms. The van der Waals surface area contributed by atoms with E-state index in [1.165, 1.54) is 12.8 Å². The van der Waals surface area contributed by atoms with Gasteiger partial charge in [-0.3, -0.25) is 4.79 Å². The minimum absolute atomic E-state index is 0.0130. The number of nitrogens with one attached hydrogen (secondary N) is 1. The second-order valence-corrected chi connectivity index (χ2v) is 6.31. The predicted octanol–water partition coefficient (Wildman–Crippen LogP) is 3.41. The number of hydrogen-bond acceptors (Lipinski definition) is 4. The van der Waals surface area contributed by atoms with Gasteiger partial charge in [0.1, 0.15) is 16.8 Å². The van der Waals surface area contributed by atoms with Crippen molar-refractivity contribution in [1.29, 1.82) is 0 Å². The zero-order chi connectivity index (χ0) is 17.2. The van der Waals surface area contributed by atoms with Crippen LogP contribution in [0.5, 0.6) is 5.75 Å². The third-order valence-corrected chi connectivity index (χ3v) is 4.41. The molecule has 1 heterocycles. The van der Waals surface area contributed by atoms with E-state index in [0.29, 0.717) is 23.6 Å². The smallest absolute Gasteiger partial charge is 0.258 e. The van der Waals surface area contributed by atoms with Gasteiger partial charge in [-0.25, -0.2) is 0 Å². The zero-order valence-corrected chi connectivity index (χ0v) is 14.1. The number of ether oxygens (including phenoxy) is 1. The van der Waals surface area contributed by atoms with Gasteiger partial charge < -0.3 is 9.64 Å². The van der Waals surface area contributed by atoms with Crippen LogP contribution in [-0.4, -0.2) is 34.5 Å². The van der Waals surface area contributed by atoms with Gasteiger partial charge in [0.2, 0.25) is 0 Å². The summed E-state index contributed by atoms with van der Waals surface area (Å²) >= 11 is 0. The van der Waals surface area contributed by atoms with Crippen molar-refractivity contribution in [3.8, 4) is 5.75 Å². The summed E-state index contributed by atoms with van der Waals surface area (Å²) in [6, 6.07) is 13.1. The lowest BCUT2D eigenvalue weighted by Crippen LogP contribution is -2.32. The van der Waals surface area contributed by atoms with Crippen LogP contribution in [0, 0.1) is 5.92 Å². The van der Waals surface area contributed by atoms with E-state index in [0.717, 1.165) is 23.5 Å². The molecule has 1 amide bonds. The molecular formula is C19H20N4O2. The minimum Gasteiger partial charge on any atom is -0.494 e. The van der Waals surface area contributed by atoms with Crippen LogP contribution >= 0.6 is 0 Å². The van der Waals surface area contributed by atoms with E-state index in [2.05, 4.69) is 15.4 Å². The molecule has 0 aliphatic heterocycles. The number of carbonyl (C=O) groups excluding carboxylic acids is 1. The van der Waals surface area contributed by atoms with E-state index in [4.69, 9.17) is 4.74 Å². The Morgan fingerprint density at radius 2 is 1.92 bits per heavy atom. The molecule has 0 saturated heterocycles. The van der Waals surface area contributed by atoms with Crippen molar-refractivity contribution in [3.05, 3.63) is 48.0 Å². The van der Waals surface area contributed by atoms with Crippen LogP contribution in [-0.2, 0) is 0 Å². The molecule has 1 N–H and O–H groups in total. The Morgan fingerprint density at radius 3 is 2.64 bits per heavy atom. The molecule has 0 bridgehead atoms. The van der Waals surface area contributed by atoms with Crippen LogP contribution in [0.2, 0.25) is 0 Å². The second kappa shape index (κ2) is 6.55. The maximum atomic E-state index is 13.1. The molecule has 1 aliphatic rings. The lowest BCUT2D eigenvalue weighted by Gasteiger charge is -2.23. The highest BCUT2D eigenvalue weighted by molar-refractivity contribution is 6.07. The molecule has 0 radical (unpaired) electrons. The van der Waals surface area contributed by atoms with Crippen LogP contribution in [0.1, 0.15) is 30.1 Å². The number of amides is 1. The van der Waals surface area contributed by atoms with Gasteiger partial charge in [0.05, 0.1) is 6.61 Å². The monoisotopic (exact) mass is 336 g/mol. The number of H-pyrrole nitrogens is 1. The van der Waals surface area contributed by atoms with E-state index < -0.39 is 0 Å². The molecule has 3 aromatic rings. The molecule has 25 heavy (non-hydrogen) atoms. The number of carbonyl (C=O) groups is 1. The van der Waals surface area contributed by atoms with Crippen molar-refractivity contribution in [1.82, 2.24) is 15.4 Å². The Hall–Kier alpha value is -2.89. The van der Waals surface area contributed by atoms with Gasteiger partial charge in [-0.15, -0.1) is 0 Å². The van der Waals surface area contributed by atoms with E-state index >= 15 is 0 Å². The molecule has 6 heteroatoms. The number of nitrogens with zero attached hydrogens (tertiary/aromatic N) is 3. The fourth-order valence-corrected chi connectivity index (χ4v) is 2.88. The molecule has 1 aromatic heterocycles. The fraction of sp³-hybridized carbons (Fsp3) is 0.316. The zero-order valence-electron chi connectivity index (χ0n) is 14.1. The van der Waals surface area contributed by atoms with Crippen molar-refractivity contribution in [2.75, 3.05) is 18.1 Å². The molecule has 0 unspecified atom stereocenters. The van der Waals surface area contributed by atoms with Crippen LogP contribution in [0.25, 0.3) is 11.0 Å². The van der Waals surface area contributed by atoms with Crippen LogP contribution in [0.3, 0.4) is 0 Å². The van der Waals surface area contributed by atoms with Gasteiger partial charge in [-0.1, -0.05) is 0 Å². The minimum atomic E-state index is -0.0130. The predicted molar refractivity (Wildman–Crippen MR) is 95.9 cm³/mol. The standard InChI is InChI=1S/C19H20N4O2/c1-2-25-16-8-6-15(7-9-16)23(12-13-3-4-13)19(24)14-5-10-17-18(11-14)21-22-20-17/h5-11,13H,2-4,12H2,1H3,(H,20,21,22). The first-order valence-electron chi connectivity index (χ1n) is 8.60. The summed E-state index contributed by atoms with van der Waals surface area (Å²) in [6.45, 7) is 3.32. The summed E-state index contributed by atoms with van der Waals surface area (Å²) in [7, 11) is 0. The number of benzene rings is 2. The maximum Gasteiger partial charge on any atom is 0.258 e. The van der Waals surface area contributed by atoms with E-state index in [9.17, 15) is 4.79 Å². The summed E-state index contributed by atoms with van der Waals surface area (Å²) in [5.74, 6) is 1.39. The molecule has 1 fully saturated rings. The van der Waals surface area contributed by atoms with Gasteiger partial charge in [-0.2, -0.15) is 15.4 Å². The van der Waals surface area contributed by atoms with Crippen LogP contribution in [0.15, 0.2) is 42.5 Å². The van der Waals surface area contributed by atoms with Gasteiger partial charge in [0.25, 0.3) is 5.91 Å². The number of aromatic nitrogens is 3. The normalized spacial score (nSPS) is 13.8. The Morgan fingerprint density at radius 1 is 1.16 bits per heavy atom. The van der Waals surface area contributed by atoms with E-state index in [1.54, 1.807) is 6.07 Å². The molecule has 4 rings (SSSR count). The third kappa shape index (κ3) is 3.33. The van der Waals surface area contributed by atoms with Crippen LogP contribution < -0.4 is 9.64 Å². The Balaban J connectivity index is 1.63. The first kappa shape index (κ1) is 15.6. The summed E-state index contributed by atoms with van der Waals surface area (Å²) < 4.78 is 5.50. The van der Waals surface area contributed by atoms with Gasteiger partial charge in [-0.05, 0) is 68.1 Å². The largest absolute Gasteiger partial charge is 0.494 e. The second-order valence-electron chi connectivity index (χ2n) is 6.31. The highest BCUT2D eigenvalue weighted by Gasteiger charge is 2.28. The van der Waals surface area contributed by atoms with Crippen molar-refractivity contribution in [2.45, 2.75) is 19.8 Å². The van der Waals surface area contributed by atoms with Crippen molar-refractivity contribution < 1.29 is 9.53 Å². The molecule has 0 atom stereocenters.